The van der Waals surface area contributed by atoms with Crippen molar-refractivity contribution >= 4 is 10.0 Å². The van der Waals surface area contributed by atoms with Crippen molar-refractivity contribution in [2.45, 2.75) is 30.8 Å². The molecular formula is C12H13NO2S. The molecule has 1 aromatic rings. The summed E-state index contributed by atoms with van der Waals surface area (Å²) in [6, 6.07) is 6.42. The number of sulfonamides is 1. The maximum atomic E-state index is 12.1. The Morgan fingerprint density at radius 1 is 1.31 bits per heavy atom. The largest absolute Gasteiger partial charge is 0.244 e. The maximum Gasteiger partial charge on any atom is 0.244 e. The molecule has 0 aromatic heterocycles. The quantitative estimate of drug-likeness (QED) is 0.574. The fraction of sp³-hybridized carbons (Fsp3) is 0.333. The first-order valence-corrected chi connectivity index (χ1v) is 6.49. The van der Waals surface area contributed by atoms with E-state index < -0.39 is 10.0 Å². The van der Waals surface area contributed by atoms with Crippen molar-refractivity contribution in [2.75, 3.05) is 0 Å². The summed E-state index contributed by atoms with van der Waals surface area (Å²) >= 11 is 0. The van der Waals surface area contributed by atoms with E-state index in [0.717, 1.165) is 5.56 Å². The fourth-order valence-electron chi connectivity index (χ4n) is 1.74. The van der Waals surface area contributed by atoms with E-state index in [1.54, 1.807) is 24.3 Å². The van der Waals surface area contributed by atoms with E-state index in [4.69, 9.17) is 6.42 Å². The minimum atomic E-state index is -3.40. The van der Waals surface area contributed by atoms with E-state index in [1.165, 1.54) is 4.31 Å². The molecule has 84 valence electrons. The minimum Gasteiger partial charge on any atom is -0.207 e. The summed E-state index contributed by atoms with van der Waals surface area (Å²) < 4.78 is 25.6. The van der Waals surface area contributed by atoms with Crippen molar-refractivity contribution in [3.05, 3.63) is 29.8 Å². The first-order valence-electron chi connectivity index (χ1n) is 5.05. The van der Waals surface area contributed by atoms with Crippen molar-refractivity contribution in [3.8, 4) is 12.3 Å². The maximum absolute atomic E-state index is 12.1. The number of hydrogen-bond acceptors (Lipinski definition) is 2. The molecule has 16 heavy (non-hydrogen) atoms. The molecule has 0 amide bonds. The summed E-state index contributed by atoms with van der Waals surface area (Å²) in [5.41, 5.74) is 1.03. The lowest BCUT2D eigenvalue weighted by Gasteiger charge is -2.05. The molecule has 1 saturated heterocycles. The molecule has 1 aromatic carbocycles. The molecule has 1 fully saturated rings. The molecule has 0 saturated carbocycles. The van der Waals surface area contributed by atoms with E-state index in [0.29, 0.717) is 4.90 Å². The molecule has 1 aliphatic rings. The van der Waals surface area contributed by atoms with Gasteiger partial charge in [-0.25, -0.2) is 8.42 Å². The van der Waals surface area contributed by atoms with Crippen molar-refractivity contribution < 1.29 is 8.42 Å². The highest BCUT2D eigenvalue weighted by atomic mass is 32.2. The van der Waals surface area contributed by atoms with Crippen LogP contribution in [0.1, 0.15) is 12.5 Å². The van der Waals surface area contributed by atoms with Gasteiger partial charge in [-0.2, -0.15) is 4.31 Å². The molecule has 0 spiro atoms. The van der Waals surface area contributed by atoms with Crippen LogP contribution in [0, 0.1) is 19.3 Å². The molecule has 0 aliphatic carbocycles. The van der Waals surface area contributed by atoms with Crippen LogP contribution in [0.15, 0.2) is 29.2 Å². The smallest absolute Gasteiger partial charge is 0.207 e. The topological polar surface area (TPSA) is 37.1 Å². The van der Waals surface area contributed by atoms with Gasteiger partial charge < -0.3 is 0 Å². The van der Waals surface area contributed by atoms with Gasteiger partial charge in [0, 0.05) is 0 Å². The zero-order valence-electron chi connectivity index (χ0n) is 9.21. The third-order valence-electron chi connectivity index (χ3n) is 2.81. The van der Waals surface area contributed by atoms with Gasteiger partial charge in [-0.1, -0.05) is 23.6 Å². The molecule has 3 nitrogen and oxygen atoms in total. The van der Waals surface area contributed by atoms with Crippen molar-refractivity contribution in [3.63, 3.8) is 0 Å². The van der Waals surface area contributed by atoms with E-state index >= 15 is 0 Å². The standard InChI is InChI=1S/C12H13NO2S/c1-4-12-10(3)13(12)16(14,15)11-7-5-9(2)6-8-11/h1,5-8,10,12H,2-3H3. The van der Waals surface area contributed by atoms with Crippen molar-refractivity contribution in [1.82, 2.24) is 4.31 Å². The fourth-order valence-corrected chi connectivity index (χ4v) is 3.49. The Balaban J connectivity index is 2.35. The molecular weight excluding hydrogens is 222 g/mol. The van der Waals surface area contributed by atoms with Crippen LogP contribution in [-0.2, 0) is 10.0 Å². The Bertz CT molecular complexity index is 539. The average molecular weight is 235 g/mol. The number of nitrogens with zero attached hydrogens (tertiary/aromatic N) is 1. The van der Waals surface area contributed by atoms with Gasteiger partial charge in [0.1, 0.15) is 6.04 Å². The highest BCUT2D eigenvalue weighted by Gasteiger charge is 2.51. The second-order valence-corrected chi connectivity index (χ2v) is 5.84. The van der Waals surface area contributed by atoms with Crippen LogP contribution in [0.5, 0.6) is 0 Å². The third-order valence-corrected chi connectivity index (χ3v) is 4.79. The Hall–Kier alpha value is -1.31. The van der Waals surface area contributed by atoms with Crippen LogP contribution in [0.2, 0.25) is 0 Å². The Morgan fingerprint density at radius 3 is 2.31 bits per heavy atom. The van der Waals surface area contributed by atoms with E-state index in [1.807, 2.05) is 13.8 Å². The number of terminal acetylenes is 1. The summed E-state index contributed by atoms with van der Waals surface area (Å²) in [6.07, 6.45) is 5.26. The normalized spacial score (nSPS) is 28.4. The third kappa shape index (κ3) is 1.62. The molecule has 1 heterocycles. The van der Waals surface area contributed by atoms with Gasteiger partial charge in [0.25, 0.3) is 0 Å². The van der Waals surface area contributed by atoms with E-state index in [2.05, 4.69) is 5.92 Å². The van der Waals surface area contributed by atoms with Gasteiger partial charge in [-0.05, 0) is 26.0 Å². The van der Waals surface area contributed by atoms with Gasteiger partial charge in [0.15, 0.2) is 0 Å². The number of aryl methyl sites for hydroxylation is 1. The zero-order valence-corrected chi connectivity index (χ0v) is 10.0. The summed E-state index contributed by atoms with van der Waals surface area (Å²) in [7, 11) is -3.40. The number of rotatable bonds is 2. The molecule has 1 aliphatic heterocycles. The monoisotopic (exact) mass is 235 g/mol. The van der Waals surface area contributed by atoms with Crippen LogP contribution in [0.3, 0.4) is 0 Å². The molecule has 3 unspecified atom stereocenters. The van der Waals surface area contributed by atoms with Crippen molar-refractivity contribution in [2.24, 2.45) is 0 Å². The van der Waals surface area contributed by atoms with Crippen molar-refractivity contribution in [1.29, 1.82) is 0 Å². The predicted molar refractivity (Wildman–Crippen MR) is 62.3 cm³/mol. The number of hydrogen-bond donors (Lipinski definition) is 0. The van der Waals surface area contributed by atoms with Gasteiger partial charge in [0.05, 0.1) is 10.9 Å². The summed E-state index contributed by atoms with van der Waals surface area (Å²) in [4.78, 5) is 0.308. The van der Waals surface area contributed by atoms with Gasteiger partial charge in [-0.3, -0.25) is 0 Å². The summed E-state index contributed by atoms with van der Waals surface area (Å²) in [5, 5.41) is 0. The zero-order chi connectivity index (χ0) is 11.9. The molecule has 3 atom stereocenters. The lowest BCUT2D eigenvalue weighted by atomic mass is 10.2. The van der Waals surface area contributed by atoms with Gasteiger partial charge >= 0.3 is 0 Å². The summed E-state index contributed by atoms with van der Waals surface area (Å²) in [6.45, 7) is 3.73. The van der Waals surface area contributed by atoms with Crippen LogP contribution in [0.4, 0.5) is 0 Å². The molecule has 0 bridgehead atoms. The first-order chi connectivity index (χ1) is 7.48. The Kier molecular flexibility index (Phi) is 2.53. The minimum absolute atomic E-state index is 0.0868. The Morgan fingerprint density at radius 2 is 1.88 bits per heavy atom. The Labute approximate surface area is 96.1 Å². The molecule has 0 radical (unpaired) electrons. The van der Waals surface area contributed by atoms with Crippen LogP contribution in [-0.4, -0.2) is 24.8 Å². The van der Waals surface area contributed by atoms with E-state index in [-0.39, 0.29) is 12.1 Å². The van der Waals surface area contributed by atoms with Crippen LogP contribution in [0.25, 0.3) is 0 Å². The SMILES string of the molecule is C#CC1C(C)N1S(=O)(=O)c1ccc(C)cc1. The van der Waals surface area contributed by atoms with Crippen LogP contribution >= 0.6 is 0 Å². The van der Waals surface area contributed by atoms with Crippen LogP contribution < -0.4 is 0 Å². The molecule has 4 heteroatoms. The molecule has 2 rings (SSSR count). The average Bonchev–Trinajstić information content (AvgIpc) is 2.90. The highest BCUT2D eigenvalue weighted by molar-refractivity contribution is 7.89. The second kappa shape index (κ2) is 3.62. The second-order valence-electron chi connectivity index (χ2n) is 4.00. The highest BCUT2D eigenvalue weighted by Crippen LogP contribution is 2.34. The first kappa shape index (κ1) is 11.2. The van der Waals surface area contributed by atoms with Gasteiger partial charge in [0.2, 0.25) is 10.0 Å². The van der Waals surface area contributed by atoms with Gasteiger partial charge in [-0.15, -0.1) is 6.42 Å². The lowest BCUT2D eigenvalue weighted by molar-refractivity contribution is 0.552. The summed E-state index contributed by atoms with van der Waals surface area (Å²) in [5.74, 6) is 2.47. The number of benzene rings is 1. The predicted octanol–water partition coefficient (Wildman–Crippen LogP) is 1.39. The van der Waals surface area contributed by atoms with E-state index in [9.17, 15) is 8.42 Å². The lowest BCUT2D eigenvalue weighted by Crippen LogP contribution is -2.15. The molecule has 0 N–H and O–H groups in total.